The van der Waals surface area contributed by atoms with E-state index in [0.717, 1.165) is 0 Å². The van der Waals surface area contributed by atoms with Gasteiger partial charge in [-0.3, -0.25) is 4.79 Å². The van der Waals surface area contributed by atoms with Crippen LogP contribution in [-0.4, -0.2) is 23.8 Å². The maximum absolute atomic E-state index is 11.5. The van der Waals surface area contributed by atoms with Gasteiger partial charge in [0.05, 0.1) is 13.3 Å². The van der Waals surface area contributed by atoms with E-state index < -0.39 is 50.0 Å². The molecule has 1 aliphatic rings. The smallest absolute Gasteiger partial charge is 0.309 e. The normalized spacial score (nSPS) is 71.4. The van der Waals surface area contributed by atoms with E-state index in [2.05, 4.69) is 0 Å². The molecule has 0 spiro atoms. The van der Waals surface area contributed by atoms with Crippen molar-refractivity contribution in [1.82, 2.24) is 0 Å². The average Bonchev–Trinajstić information content (AvgIpc) is 2.35. The second-order valence-corrected chi connectivity index (χ2v) is 1.94. The summed E-state index contributed by atoms with van der Waals surface area (Å²) in [5.41, 5.74) is 0. The van der Waals surface area contributed by atoms with Gasteiger partial charge in [0.2, 0.25) is 0 Å². The molecule has 0 aromatic rings. The summed E-state index contributed by atoms with van der Waals surface area (Å²) in [6.07, 6.45) is -18.2. The fourth-order valence-electron chi connectivity index (χ4n) is 0.704. The van der Waals surface area contributed by atoms with Gasteiger partial charge in [-0.05, 0) is 19.7 Å². The van der Waals surface area contributed by atoms with Gasteiger partial charge in [0.15, 0.2) is 0 Å². The molecule has 3 heteroatoms. The van der Waals surface area contributed by atoms with E-state index in [4.69, 9.17) is 18.4 Å². The van der Waals surface area contributed by atoms with Crippen molar-refractivity contribution in [3.05, 3.63) is 0 Å². The van der Waals surface area contributed by atoms with E-state index in [9.17, 15) is 9.90 Å². The highest BCUT2D eigenvalue weighted by Crippen LogP contribution is 2.26. The summed E-state index contributed by atoms with van der Waals surface area (Å²) in [5.74, 6) is -6.06. The van der Waals surface area contributed by atoms with Gasteiger partial charge in [-0.2, -0.15) is 0 Å². The van der Waals surface area contributed by atoms with Gasteiger partial charge in [-0.25, -0.2) is 0 Å². The summed E-state index contributed by atoms with van der Waals surface area (Å²) >= 11 is 0. The molecule has 0 radical (unpaired) electrons. The van der Waals surface area contributed by atoms with Crippen LogP contribution in [-0.2, 0) is 9.53 Å². The van der Waals surface area contributed by atoms with Crippen molar-refractivity contribution < 1.29 is 28.3 Å². The highest BCUT2D eigenvalue weighted by atomic mass is 16.5. The molecule has 0 saturated heterocycles. The number of carboxylic acid groups (broad SMARTS) is 1. The number of aliphatic carboxylic acids is 1. The largest absolute Gasteiger partial charge is 0.481 e. The first kappa shape index (κ1) is 2.71. The lowest BCUT2D eigenvalue weighted by Crippen LogP contribution is -2.33. The molecule has 1 rings (SSSR count). The third-order valence-corrected chi connectivity index (χ3v) is 1.16. The van der Waals surface area contributed by atoms with Gasteiger partial charge < -0.3 is 9.84 Å². The minimum atomic E-state index is -3.75. The molecule has 0 heterocycles. The molecule has 0 amide bonds. The van der Waals surface area contributed by atoms with E-state index in [1.54, 1.807) is 0 Å². The molecule has 0 aromatic carbocycles. The Morgan fingerprint density at radius 1 is 1.75 bits per heavy atom. The lowest BCUT2D eigenvalue weighted by molar-refractivity contribution is -0.149. The van der Waals surface area contributed by atoms with Crippen LogP contribution in [0.2, 0.25) is 0 Å². The Bertz CT molecular complexity index is 492. The fourth-order valence-corrected chi connectivity index (χ4v) is 0.704. The number of carboxylic acids is 1. The molecule has 70 valence electrons. The quantitative estimate of drug-likeness (QED) is 0.722. The van der Waals surface area contributed by atoms with Crippen molar-refractivity contribution >= 4 is 5.97 Å². The Kier molecular flexibility index (Phi) is 1.00. The predicted molar refractivity (Wildman–Crippen MR) is 45.0 cm³/mol. The highest BCUT2D eigenvalue weighted by Gasteiger charge is 2.30. The van der Waals surface area contributed by atoms with Gasteiger partial charge >= 0.3 is 5.97 Å². The zero-order valence-electron chi connectivity index (χ0n) is 16.5. The van der Waals surface area contributed by atoms with Crippen LogP contribution in [0.15, 0.2) is 0 Å². The van der Waals surface area contributed by atoms with E-state index in [1.807, 2.05) is 0 Å². The van der Waals surface area contributed by atoms with Gasteiger partial charge in [0.25, 0.3) is 0 Å². The molecule has 0 aromatic heterocycles. The van der Waals surface area contributed by atoms with Crippen LogP contribution in [0, 0.1) is 5.89 Å². The topological polar surface area (TPSA) is 46.5 Å². The van der Waals surface area contributed by atoms with Crippen molar-refractivity contribution in [2.75, 3.05) is 6.61 Å². The minimum absolute atomic E-state index is 0.494. The summed E-state index contributed by atoms with van der Waals surface area (Å²) in [7, 11) is 0. The molecule has 1 fully saturated rings. The van der Waals surface area contributed by atoms with Crippen LogP contribution in [0.4, 0.5) is 0 Å². The fraction of sp³-hybridized carbons (Fsp3) is 0.889. The summed E-state index contributed by atoms with van der Waals surface area (Å²) in [4.78, 5) is 11.5. The van der Waals surface area contributed by atoms with E-state index in [0.29, 0.717) is 0 Å². The Balaban J connectivity index is 3.93. The SMILES string of the molecule is [2H]C1([2H])C([2H])([2H])C([2H])([2H])C([2H])(C(=O)O)C([2H])(OCC)C1([2H])[2H]. The molecular formula is C9H16O3. The standard InChI is InChI=1S/C9H16O3/c1-2-12-8-6-4-3-5-7(8)9(10)11/h7-8H,2-6H2,1H3,(H,10,11)/i3D2,4D2,5D2,6D2,7D,8D. The maximum Gasteiger partial charge on any atom is 0.309 e. The van der Waals surface area contributed by atoms with Gasteiger partial charge in [0.1, 0.15) is 0 Å². The molecule has 2 atom stereocenters. The Labute approximate surface area is 86.8 Å². The molecule has 12 heavy (non-hydrogen) atoms. The zero-order chi connectivity index (χ0) is 18.0. The summed E-state index contributed by atoms with van der Waals surface area (Å²) in [5, 5.41) is 9.25. The highest BCUT2D eigenvalue weighted by molar-refractivity contribution is 5.70. The van der Waals surface area contributed by atoms with Crippen LogP contribution < -0.4 is 0 Å². The third-order valence-electron chi connectivity index (χ3n) is 1.16. The maximum atomic E-state index is 11.5. The molecule has 3 nitrogen and oxygen atoms in total. The van der Waals surface area contributed by atoms with Crippen LogP contribution in [0.5, 0.6) is 0 Å². The van der Waals surface area contributed by atoms with Crippen molar-refractivity contribution in [2.24, 2.45) is 5.89 Å². The first-order chi connectivity index (χ1) is 9.50. The Morgan fingerprint density at radius 3 is 3.00 bits per heavy atom. The molecule has 1 saturated carbocycles. The lowest BCUT2D eigenvalue weighted by atomic mass is 9.86. The monoisotopic (exact) mass is 182 g/mol. The summed E-state index contributed by atoms with van der Waals surface area (Å²) in [6, 6.07) is 0. The molecule has 1 aliphatic carbocycles. The lowest BCUT2D eigenvalue weighted by Gasteiger charge is -2.27. The van der Waals surface area contributed by atoms with Crippen LogP contribution in [0.25, 0.3) is 0 Å². The minimum Gasteiger partial charge on any atom is -0.481 e. The summed E-state index contributed by atoms with van der Waals surface area (Å²) in [6.45, 7) is 0.745. The molecule has 0 aliphatic heterocycles. The average molecular weight is 182 g/mol. The second kappa shape index (κ2) is 4.45. The predicted octanol–water partition coefficient (Wildman–Crippen LogP) is 1.67. The zero-order valence-corrected chi connectivity index (χ0v) is 6.47. The van der Waals surface area contributed by atoms with Crippen LogP contribution in [0.3, 0.4) is 0 Å². The Hall–Kier alpha value is -0.570. The van der Waals surface area contributed by atoms with Crippen LogP contribution >= 0.6 is 0 Å². The molecule has 1 N–H and O–H groups in total. The number of hydrogen-bond donors (Lipinski definition) is 1. The second-order valence-electron chi connectivity index (χ2n) is 1.94. The molecule has 0 bridgehead atoms. The van der Waals surface area contributed by atoms with Crippen molar-refractivity contribution in [2.45, 2.75) is 38.5 Å². The van der Waals surface area contributed by atoms with E-state index in [-0.39, 0.29) is 0 Å². The van der Waals surface area contributed by atoms with E-state index in [1.165, 1.54) is 6.92 Å². The van der Waals surface area contributed by atoms with Crippen molar-refractivity contribution in [3.63, 3.8) is 0 Å². The Morgan fingerprint density at radius 2 is 2.42 bits per heavy atom. The number of rotatable bonds is 3. The number of ether oxygens (including phenoxy) is 1. The van der Waals surface area contributed by atoms with Gasteiger partial charge in [0, 0.05) is 18.9 Å². The van der Waals surface area contributed by atoms with Crippen molar-refractivity contribution in [1.29, 1.82) is 0 Å². The summed E-state index contributed by atoms with van der Waals surface area (Å²) < 4.78 is 82.0. The first-order valence-corrected chi connectivity index (χ1v) is 3.38. The van der Waals surface area contributed by atoms with Gasteiger partial charge in [-0.1, -0.05) is 12.7 Å². The van der Waals surface area contributed by atoms with Crippen molar-refractivity contribution in [3.8, 4) is 0 Å². The number of carbonyl (C=O) groups is 1. The third kappa shape index (κ3) is 2.21. The first-order valence-electron chi connectivity index (χ1n) is 8.38. The number of hydrogen-bond acceptors (Lipinski definition) is 2. The molecular weight excluding hydrogens is 156 g/mol. The molecule has 2 unspecified atom stereocenters. The van der Waals surface area contributed by atoms with E-state index >= 15 is 0 Å². The van der Waals surface area contributed by atoms with Crippen LogP contribution in [0.1, 0.15) is 46.1 Å². The van der Waals surface area contributed by atoms with Gasteiger partial charge in [-0.15, -0.1) is 0 Å².